The molecule has 0 aromatic heterocycles. The zero-order chi connectivity index (χ0) is 55.3. The highest BCUT2D eigenvalue weighted by Gasteiger charge is 2.39. The molecule has 0 spiro atoms. The van der Waals surface area contributed by atoms with E-state index in [1.54, 1.807) is 0 Å². The van der Waals surface area contributed by atoms with Crippen LogP contribution in [0.25, 0.3) is 0 Å². The van der Waals surface area contributed by atoms with Gasteiger partial charge in [0.05, 0.1) is 71.7 Å². The first kappa shape index (κ1) is 68.1. The lowest BCUT2D eigenvalue weighted by Gasteiger charge is -2.27. The number of carbonyl (C=O) groups excluding carboxylic acids is 7. The smallest absolute Gasteiger partial charge is 0.410 e. The Labute approximate surface area is 457 Å². The molecule has 0 bridgehead atoms. The standard InChI is InChI=1S/C59H104N2O15/c1-5-9-13-17-21-25-30-53(62)71-44-49(45-72-54(63)31-26-22-18-14-10-6-2)40-57(66)75-48-51-42-52(43-61(51)59(68)70-37-29-34-60-35-38-69-39-36-60)76-58(67)41-50(46-73-55(64)32-27-23-19-15-11-7-3)47-74-56(65)33-28-24-20-16-12-8-4/h49-52H,5-48H2,1-4H3/t51-,52+/m0/s1. The van der Waals surface area contributed by atoms with Crippen LogP contribution in [0.15, 0.2) is 0 Å². The number of nitrogens with zero attached hydrogens (tertiary/aromatic N) is 2. The summed E-state index contributed by atoms with van der Waals surface area (Å²) < 4.78 is 45.3. The van der Waals surface area contributed by atoms with Crippen LogP contribution in [0.1, 0.15) is 233 Å². The molecule has 17 heteroatoms. The summed E-state index contributed by atoms with van der Waals surface area (Å²) in [4.78, 5) is 95.5. The molecule has 440 valence electrons. The lowest BCUT2D eigenvalue weighted by atomic mass is 10.1. The van der Waals surface area contributed by atoms with E-state index in [2.05, 4.69) is 32.6 Å². The monoisotopic (exact) mass is 1080 g/mol. The molecule has 0 aromatic rings. The Morgan fingerprint density at radius 3 is 1.24 bits per heavy atom. The van der Waals surface area contributed by atoms with Crippen LogP contribution < -0.4 is 0 Å². The lowest BCUT2D eigenvalue weighted by Crippen LogP contribution is -2.40. The fraction of sp³-hybridized carbons (Fsp3) is 0.881. The Morgan fingerprint density at radius 2 is 0.829 bits per heavy atom. The van der Waals surface area contributed by atoms with Crippen LogP contribution in [0.5, 0.6) is 0 Å². The minimum absolute atomic E-state index is 0.0207. The normalized spacial score (nSPS) is 15.7. The second-order valence-corrected chi connectivity index (χ2v) is 21.2. The molecule has 0 aromatic carbocycles. The van der Waals surface area contributed by atoms with Gasteiger partial charge in [-0.15, -0.1) is 0 Å². The highest BCUT2D eigenvalue weighted by Crippen LogP contribution is 2.24. The van der Waals surface area contributed by atoms with Gasteiger partial charge in [-0.05, 0) is 32.1 Å². The number of ether oxygens (including phenoxy) is 8. The molecule has 0 radical (unpaired) electrons. The second-order valence-electron chi connectivity index (χ2n) is 21.2. The van der Waals surface area contributed by atoms with Crippen LogP contribution in [0.4, 0.5) is 4.79 Å². The van der Waals surface area contributed by atoms with Gasteiger partial charge in [0, 0.05) is 63.6 Å². The van der Waals surface area contributed by atoms with Crippen LogP contribution in [-0.4, -0.2) is 143 Å². The zero-order valence-electron chi connectivity index (χ0n) is 47.9. The lowest BCUT2D eigenvalue weighted by molar-refractivity contribution is -0.157. The van der Waals surface area contributed by atoms with Gasteiger partial charge in [0.15, 0.2) is 0 Å². The Kier molecular flexibility index (Phi) is 41.2. The van der Waals surface area contributed by atoms with Crippen molar-refractivity contribution < 1.29 is 71.5 Å². The molecule has 2 atom stereocenters. The zero-order valence-corrected chi connectivity index (χ0v) is 47.9. The topological polar surface area (TPSA) is 200 Å². The maximum absolute atomic E-state index is 13.7. The van der Waals surface area contributed by atoms with Crippen molar-refractivity contribution >= 4 is 41.9 Å². The molecule has 76 heavy (non-hydrogen) atoms. The van der Waals surface area contributed by atoms with Crippen molar-refractivity contribution in [1.82, 2.24) is 9.80 Å². The third-order valence-electron chi connectivity index (χ3n) is 14.1. The first-order valence-corrected chi connectivity index (χ1v) is 30.2. The van der Waals surface area contributed by atoms with Crippen molar-refractivity contribution in [3.05, 3.63) is 0 Å². The second kappa shape index (κ2) is 46.0. The van der Waals surface area contributed by atoms with Gasteiger partial charge in [0.1, 0.15) is 12.7 Å². The fourth-order valence-electron chi connectivity index (χ4n) is 9.31. The maximum Gasteiger partial charge on any atom is 0.410 e. The predicted octanol–water partition coefficient (Wildman–Crippen LogP) is 11.6. The summed E-state index contributed by atoms with van der Waals surface area (Å²) in [5.74, 6) is -4.07. The van der Waals surface area contributed by atoms with Gasteiger partial charge in [-0.25, -0.2) is 4.79 Å². The van der Waals surface area contributed by atoms with Gasteiger partial charge >= 0.3 is 41.9 Å². The molecule has 0 aliphatic carbocycles. The number of carbonyl (C=O) groups is 7. The number of hydrogen-bond donors (Lipinski definition) is 0. The molecule has 2 fully saturated rings. The Balaban J connectivity index is 2.12. The number of unbranched alkanes of at least 4 members (excludes halogenated alkanes) is 20. The third kappa shape index (κ3) is 36.2. The largest absolute Gasteiger partial charge is 0.465 e. The van der Waals surface area contributed by atoms with Crippen molar-refractivity contribution in [3.8, 4) is 0 Å². The summed E-state index contributed by atoms with van der Waals surface area (Å²) in [5.41, 5.74) is 0. The number of morpholine rings is 1. The third-order valence-corrected chi connectivity index (χ3v) is 14.1. The fourth-order valence-corrected chi connectivity index (χ4v) is 9.31. The number of hydrogen-bond acceptors (Lipinski definition) is 16. The van der Waals surface area contributed by atoms with Crippen molar-refractivity contribution in [2.75, 3.05) is 79.0 Å². The average Bonchev–Trinajstić information content (AvgIpc) is 3.82. The average molecular weight is 1080 g/mol. The molecule has 2 heterocycles. The quantitative estimate of drug-likeness (QED) is 0.0316. The number of likely N-dealkylation sites (tertiary alicyclic amines) is 1. The Bertz CT molecular complexity index is 1490. The number of rotatable bonds is 47. The number of amides is 1. The van der Waals surface area contributed by atoms with E-state index in [-0.39, 0.29) is 115 Å². The van der Waals surface area contributed by atoms with Crippen LogP contribution in [0.3, 0.4) is 0 Å². The van der Waals surface area contributed by atoms with Gasteiger partial charge < -0.3 is 37.9 Å². The van der Waals surface area contributed by atoms with Gasteiger partial charge in [-0.1, -0.05) is 156 Å². The number of esters is 6. The first-order chi connectivity index (χ1) is 37.0. The van der Waals surface area contributed by atoms with Crippen LogP contribution >= 0.6 is 0 Å². The molecule has 2 saturated heterocycles. The van der Waals surface area contributed by atoms with E-state index in [1.807, 2.05) is 0 Å². The van der Waals surface area contributed by atoms with E-state index in [9.17, 15) is 33.6 Å². The minimum Gasteiger partial charge on any atom is -0.465 e. The molecule has 0 unspecified atom stereocenters. The van der Waals surface area contributed by atoms with Gasteiger partial charge in [-0.3, -0.25) is 38.6 Å². The van der Waals surface area contributed by atoms with Crippen molar-refractivity contribution in [2.24, 2.45) is 11.8 Å². The summed E-state index contributed by atoms with van der Waals surface area (Å²) in [6, 6.07) is -0.709. The Morgan fingerprint density at radius 1 is 0.447 bits per heavy atom. The minimum atomic E-state index is -0.784. The highest BCUT2D eigenvalue weighted by atomic mass is 16.6. The first-order valence-electron chi connectivity index (χ1n) is 30.2. The van der Waals surface area contributed by atoms with E-state index in [0.717, 1.165) is 148 Å². The molecule has 0 saturated carbocycles. The molecule has 2 aliphatic heterocycles. The van der Waals surface area contributed by atoms with E-state index < -0.39 is 42.0 Å². The highest BCUT2D eigenvalue weighted by molar-refractivity contribution is 5.73. The summed E-state index contributed by atoms with van der Waals surface area (Å²) in [6.07, 6.45) is 24.4. The van der Waals surface area contributed by atoms with E-state index in [1.165, 1.54) is 4.90 Å². The van der Waals surface area contributed by atoms with Crippen molar-refractivity contribution in [2.45, 2.75) is 245 Å². The summed E-state index contributed by atoms with van der Waals surface area (Å²) in [6.45, 7) is 11.6. The van der Waals surface area contributed by atoms with E-state index in [4.69, 9.17) is 37.9 Å². The van der Waals surface area contributed by atoms with Crippen LogP contribution in [-0.2, 0) is 66.7 Å². The molecule has 0 N–H and O–H groups in total. The van der Waals surface area contributed by atoms with Gasteiger partial charge in [0.2, 0.25) is 0 Å². The van der Waals surface area contributed by atoms with Crippen LogP contribution in [0.2, 0.25) is 0 Å². The maximum atomic E-state index is 13.7. The van der Waals surface area contributed by atoms with E-state index in [0.29, 0.717) is 45.3 Å². The van der Waals surface area contributed by atoms with Crippen molar-refractivity contribution in [1.29, 1.82) is 0 Å². The van der Waals surface area contributed by atoms with Crippen LogP contribution in [0, 0.1) is 11.8 Å². The summed E-state index contributed by atoms with van der Waals surface area (Å²) >= 11 is 0. The molecular formula is C59H104N2O15. The Hall–Kier alpha value is -3.99. The van der Waals surface area contributed by atoms with E-state index >= 15 is 0 Å². The molecule has 2 aliphatic rings. The SMILES string of the molecule is CCCCCCCCC(=O)OCC(COC(=O)CCCCCCCC)CC(=O)OC[C@@H]1C[C@@H](OC(=O)CC(COC(=O)CCCCCCCC)COC(=O)CCCCCCCC)CN1C(=O)OCCCN1CCOCC1. The summed E-state index contributed by atoms with van der Waals surface area (Å²) in [5, 5.41) is 0. The van der Waals surface area contributed by atoms with Crippen molar-refractivity contribution in [3.63, 3.8) is 0 Å². The molecule has 1 amide bonds. The van der Waals surface area contributed by atoms with Gasteiger partial charge in [-0.2, -0.15) is 0 Å². The van der Waals surface area contributed by atoms with Gasteiger partial charge in [0.25, 0.3) is 0 Å². The molecule has 17 nitrogen and oxygen atoms in total. The molecule has 2 rings (SSSR count). The molecular weight excluding hydrogens is 977 g/mol. The summed E-state index contributed by atoms with van der Waals surface area (Å²) in [7, 11) is 0. The predicted molar refractivity (Wildman–Crippen MR) is 291 cm³/mol.